The number of carbonyl (C=O) groups is 1. The number of piperazine rings is 1. The van der Waals surface area contributed by atoms with Crippen molar-refractivity contribution >= 4 is 11.6 Å². The summed E-state index contributed by atoms with van der Waals surface area (Å²) in [6, 6.07) is 8.64. The fraction of sp³-hybridized carbons (Fsp3) is 0.611. The van der Waals surface area contributed by atoms with E-state index in [0.29, 0.717) is 5.92 Å². The van der Waals surface area contributed by atoms with Crippen LogP contribution in [0.2, 0.25) is 0 Å². The molecule has 2 rings (SSSR count). The van der Waals surface area contributed by atoms with Gasteiger partial charge in [-0.1, -0.05) is 31.5 Å². The van der Waals surface area contributed by atoms with Crippen molar-refractivity contribution in [2.45, 2.75) is 33.7 Å². The Balaban J connectivity index is 1.83. The normalized spacial score (nSPS) is 17.6. The van der Waals surface area contributed by atoms with Crippen LogP contribution in [0.4, 0.5) is 5.69 Å². The van der Waals surface area contributed by atoms with Crippen LogP contribution in [0.25, 0.3) is 0 Å². The van der Waals surface area contributed by atoms with Gasteiger partial charge in [0, 0.05) is 38.4 Å². The van der Waals surface area contributed by atoms with E-state index in [1.54, 1.807) is 0 Å². The van der Waals surface area contributed by atoms with Gasteiger partial charge >= 0.3 is 0 Å². The van der Waals surface area contributed by atoms with E-state index < -0.39 is 0 Å². The summed E-state index contributed by atoms with van der Waals surface area (Å²) in [5.74, 6) is 0.645. The van der Waals surface area contributed by atoms with Crippen LogP contribution in [-0.4, -0.2) is 49.6 Å². The number of rotatable bonds is 5. The van der Waals surface area contributed by atoms with Crippen LogP contribution in [0.1, 0.15) is 26.3 Å². The van der Waals surface area contributed by atoms with Gasteiger partial charge in [-0.15, -0.1) is 0 Å². The second-order valence-corrected chi connectivity index (χ2v) is 6.67. The van der Waals surface area contributed by atoms with E-state index in [9.17, 15) is 4.79 Å². The zero-order valence-corrected chi connectivity index (χ0v) is 14.3. The summed E-state index contributed by atoms with van der Waals surface area (Å²) < 4.78 is 0. The lowest BCUT2D eigenvalue weighted by Crippen LogP contribution is -2.54. The monoisotopic (exact) mass is 303 g/mol. The van der Waals surface area contributed by atoms with Crippen molar-refractivity contribution in [2.24, 2.45) is 5.92 Å². The predicted octanol–water partition coefficient (Wildman–Crippen LogP) is 2.28. The second-order valence-electron chi connectivity index (χ2n) is 6.67. The molecule has 0 radical (unpaired) electrons. The molecule has 0 aromatic heterocycles. The maximum atomic E-state index is 12.2. The topological polar surface area (TPSA) is 35.6 Å². The lowest BCUT2D eigenvalue weighted by atomic mass is 10.1. The van der Waals surface area contributed by atoms with Crippen LogP contribution in [0.3, 0.4) is 0 Å². The van der Waals surface area contributed by atoms with Gasteiger partial charge in [-0.2, -0.15) is 0 Å². The van der Waals surface area contributed by atoms with Gasteiger partial charge < -0.3 is 10.2 Å². The molecule has 4 nitrogen and oxygen atoms in total. The highest BCUT2D eigenvalue weighted by atomic mass is 16.2. The minimum atomic E-state index is -0.0427. The fourth-order valence-electron chi connectivity index (χ4n) is 2.74. The van der Waals surface area contributed by atoms with Crippen LogP contribution < -0.4 is 10.2 Å². The summed E-state index contributed by atoms with van der Waals surface area (Å²) in [6.45, 7) is 12.9. The Bertz CT molecular complexity index is 476. The average Bonchev–Trinajstić information content (AvgIpc) is 2.53. The highest BCUT2D eigenvalue weighted by Gasteiger charge is 2.25. The number of benzene rings is 1. The largest absolute Gasteiger partial charge is 0.369 e. The summed E-state index contributed by atoms with van der Waals surface area (Å²) in [5.41, 5.74) is 2.57. The summed E-state index contributed by atoms with van der Waals surface area (Å²) in [6.07, 6.45) is 0. The zero-order chi connectivity index (χ0) is 16.1. The predicted molar refractivity (Wildman–Crippen MR) is 92.3 cm³/mol. The Morgan fingerprint density at radius 3 is 2.23 bits per heavy atom. The number of anilines is 1. The van der Waals surface area contributed by atoms with Crippen molar-refractivity contribution in [3.8, 4) is 0 Å². The van der Waals surface area contributed by atoms with E-state index in [1.807, 2.05) is 6.92 Å². The quantitative estimate of drug-likeness (QED) is 0.906. The van der Waals surface area contributed by atoms with Crippen molar-refractivity contribution in [3.63, 3.8) is 0 Å². The third kappa shape index (κ3) is 4.47. The number of hydrogen-bond donors (Lipinski definition) is 1. The number of nitrogens with zero attached hydrogens (tertiary/aromatic N) is 2. The number of hydrogen-bond acceptors (Lipinski definition) is 3. The van der Waals surface area contributed by atoms with Gasteiger partial charge in [-0.3, -0.25) is 9.69 Å². The highest BCUT2D eigenvalue weighted by Crippen LogP contribution is 2.18. The molecular weight excluding hydrogens is 274 g/mol. The van der Waals surface area contributed by atoms with Crippen LogP contribution in [0, 0.1) is 12.8 Å². The standard InChI is InChI=1S/C18H29N3O/c1-14(2)13-19-18(22)16(4)20-9-11-21(12-10-20)17-7-5-15(3)6-8-17/h5-8,14,16H,9-13H2,1-4H3,(H,19,22)/t16-/m0/s1. The molecule has 1 saturated heterocycles. The molecule has 1 aliphatic heterocycles. The van der Waals surface area contributed by atoms with Gasteiger partial charge in [0.05, 0.1) is 6.04 Å². The summed E-state index contributed by atoms with van der Waals surface area (Å²) in [4.78, 5) is 16.8. The summed E-state index contributed by atoms with van der Waals surface area (Å²) in [7, 11) is 0. The van der Waals surface area contributed by atoms with Crippen molar-refractivity contribution in [2.75, 3.05) is 37.6 Å². The van der Waals surface area contributed by atoms with E-state index >= 15 is 0 Å². The Morgan fingerprint density at radius 2 is 1.68 bits per heavy atom. The zero-order valence-electron chi connectivity index (χ0n) is 14.3. The van der Waals surface area contributed by atoms with E-state index in [0.717, 1.165) is 32.7 Å². The van der Waals surface area contributed by atoms with Crippen LogP contribution in [-0.2, 0) is 4.79 Å². The molecule has 1 atom stereocenters. The lowest BCUT2D eigenvalue weighted by Gasteiger charge is -2.38. The molecule has 0 aliphatic carbocycles. The molecule has 122 valence electrons. The van der Waals surface area contributed by atoms with E-state index in [4.69, 9.17) is 0 Å². The molecule has 4 heteroatoms. The van der Waals surface area contributed by atoms with Gasteiger partial charge in [0.25, 0.3) is 0 Å². The molecule has 1 fully saturated rings. The van der Waals surface area contributed by atoms with Crippen LogP contribution in [0.5, 0.6) is 0 Å². The van der Waals surface area contributed by atoms with Gasteiger partial charge in [-0.05, 0) is 31.9 Å². The highest BCUT2D eigenvalue weighted by molar-refractivity contribution is 5.81. The van der Waals surface area contributed by atoms with Crippen molar-refractivity contribution < 1.29 is 4.79 Å². The Hall–Kier alpha value is -1.55. The molecule has 0 spiro atoms. The first-order valence-electron chi connectivity index (χ1n) is 8.30. The molecule has 1 aromatic carbocycles. The molecule has 22 heavy (non-hydrogen) atoms. The molecule has 1 amide bonds. The molecule has 0 saturated carbocycles. The molecule has 1 N–H and O–H groups in total. The van der Waals surface area contributed by atoms with Gasteiger partial charge in [-0.25, -0.2) is 0 Å². The number of amides is 1. The van der Waals surface area contributed by atoms with Gasteiger partial charge in [0.15, 0.2) is 0 Å². The fourth-order valence-corrected chi connectivity index (χ4v) is 2.74. The first-order valence-corrected chi connectivity index (χ1v) is 8.30. The molecule has 0 bridgehead atoms. The summed E-state index contributed by atoms with van der Waals surface area (Å²) in [5, 5.41) is 3.03. The minimum absolute atomic E-state index is 0.0427. The third-order valence-corrected chi connectivity index (χ3v) is 4.33. The molecule has 1 heterocycles. The van der Waals surface area contributed by atoms with Crippen molar-refractivity contribution in [1.29, 1.82) is 0 Å². The van der Waals surface area contributed by atoms with Crippen molar-refractivity contribution in [1.82, 2.24) is 10.2 Å². The minimum Gasteiger partial charge on any atom is -0.369 e. The number of carbonyl (C=O) groups excluding carboxylic acids is 1. The molecule has 0 unspecified atom stereocenters. The second kappa shape index (κ2) is 7.63. The SMILES string of the molecule is Cc1ccc(N2CCN([C@@H](C)C(=O)NCC(C)C)CC2)cc1. The average molecular weight is 303 g/mol. The van der Waals surface area contributed by atoms with Crippen LogP contribution >= 0.6 is 0 Å². The van der Waals surface area contributed by atoms with Gasteiger partial charge in [0.1, 0.15) is 0 Å². The Morgan fingerprint density at radius 1 is 1.09 bits per heavy atom. The Kier molecular flexibility index (Phi) is 5.83. The molecule has 1 aliphatic rings. The number of aryl methyl sites for hydroxylation is 1. The first kappa shape index (κ1) is 16.8. The van der Waals surface area contributed by atoms with E-state index in [2.05, 4.69) is 60.2 Å². The van der Waals surface area contributed by atoms with E-state index in [1.165, 1.54) is 11.3 Å². The number of nitrogens with one attached hydrogen (secondary N) is 1. The van der Waals surface area contributed by atoms with Crippen molar-refractivity contribution in [3.05, 3.63) is 29.8 Å². The van der Waals surface area contributed by atoms with Crippen LogP contribution in [0.15, 0.2) is 24.3 Å². The maximum absolute atomic E-state index is 12.2. The van der Waals surface area contributed by atoms with Gasteiger partial charge in [0.2, 0.25) is 5.91 Å². The smallest absolute Gasteiger partial charge is 0.237 e. The lowest BCUT2D eigenvalue weighted by molar-refractivity contribution is -0.126. The maximum Gasteiger partial charge on any atom is 0.237 e. The molecular formula is C18H29N3O. The molecule has 1 aromatic rings. The summed E-state index contributed by atoms with van der Waals surface area (Å²) >= 11 is 0. The Labute approximate surface area is 134 Å². The van der Waals surface area contributed by atoms with E-state index in [-0.39, 0.29) is 11.9 Å². The first-order chi connectivity index (χ1) is 10.5. The third-order valence-electron chi connectivity index (χ3n) is 4.33.